The van der Waals surface area contributed by atoms with E-state index in [9.17, 15) is 4.79 Å². The average Bonchev–Trinajstić information content (AvgIpc) is 3.09. The zero-order valence-electron chi connectivity index (χ0n) is 11.1. The molecule has 1 aromatic rings. The van der Waals surface area contributed by atoms with Crippen molar-refractivity contribution in [3.8, 4) is 0 Å². The van der Waals surface area contributed by atoms with Crippen molar-refractivity contribution < 1.29 is 4.79 Å². The van der Waals surface area contributed by atoms with Crippen LogP contribution in [0.4, 0.5) is 0 Å². The highest BCUT2D eigenvalue weighted by Gasteiger charge is 2.36. The number of thioether (sulfide) groups is 1. The molecule has 0 N–H and O–H groups in total. The summed E-state index contributed by atoms with van der Waals surface area (Å²) in [4.78, 5) is 14.7. The molecule has 1 aliphatic heterocycles. The predicted molar refractivity (Wildman–Crippen MR) is 85.3 cm³/mol. The van der Waals surface area contributed by atoms with Gasteiger partial charge < -0.3 is 4.90 Å². The first kappa shape index (κ1) is 14.6. The highest BCUT2D eigenvalue weighted by atomic mass is 35.5. The van der Waals surface area contributed by atoms with E-state index in [-0.39, 0.29) is 11.3 Å². The Kier molecular flexibility index (Phi) is 4.49. The first-order valence-electron chi connectivity index (χ1n) is 7.04. The Morgan fingerprint density at radius 2 is 2.00 bits per heavy atom. The van der Waals surface area contributed by atoms with Gasteiger partial charge in [0.25, 0.3) is 0 Å². The van der Waals surface area contributed by atoms with Crippen LogP contribution in [-0.2, 0) is 4.79 Å². The molecule has 20 heavy (non-hydrogen) atoms. The number of halogens is 2. The zero-order chi connectivity index (χ0) is 14.1. The largest absolute Gasteiger partial charge is 0.325 e. The molecule has 0 spiro atoms. The highest BCUT2D eigenvalue weighted by Crippen LogP contribution is 2.43. The molecule has 0 radical (unpaired) electrons. The van der Waals surface area contributed by atoms with Gasteiger partial charge in [-0.05, 0) is 25.0 Å². The Hall–Kier alpha value is -0.380. The van der Waals surface area contributed by atoms with Crippen molar-refractivity contribution >= 4 is 40.9 Å². The van der Waals surface area contributed by atoms with Crippen molar-refractivity contribution in [2.75, 3.05) is 12.3 Å². The minimum Gasteiger partial charge on any atom is -0.325 e. The molecule has 3 rings (SSSR count). The predicted octanol–water partition coefficient (Wildman–Crippen LogP) is 4.76. The van der Waals surface area contributed by atoms with Gasteiger partial charge in [0.15, 0.2) is 0 Å². The van der Waals surface area contributed by atoms with Gasteiger partial charge >= 0.3 is 0 Å². The Morgan fingerprint density at radius 3 is 2.70 bits per heavy atom. The summed E-state index contributed by atoms with van der Waals surface area (Å²) < 4.78 is 0. The van der Waals surface area contributed by atoms with Crippen molar-refractivity contribution in [2.24, 2.45) is 5.92 Å². The van der Waals surface area contributed by atoms with Gasteiger partial charge in [-0.3, -0.25) is 4.79 Å². The molecule has 0 aromatic heterocycles. The van der Waals surface area contributed by atoms with E-state index < -0.39 is 0 Å². The minimum absolute atomic E-state index is 0.0490. The van der Waals surface area contributed by atoms with Crippen molar-refractivity contribution in [1.82, 2.24) is 4.90 Å². The van der Waals surface area contributed by atoms with E-state index in [1.165, 1.54) is 12.8 Å². The third-order valence-electron chi connectivity index (χ3n) is 4.11. The number of carbonyl (C=O) groups excluding carboxylic acids is 1. The second-order valence-corrected chi connectivity index (χ2v) is 7.43. The quantitative estimate of drug-likeness (QED) is 0.779. The Morgan fingerprint density at radius 1 is 1.25 bits per heavy atom. The van der Waals surface area contributed by atoms with Gasteiger partial charge in [-0.2, -0.15) is 0 Å². The van der Waals surface area contributed by atoms with Crippen molar-refractivity contribution in [1.29, 1.82) is 0 Å². The molecule has 1 heterocycles. The van der Waals surface area contributed by atoms with Gasteiger partial charge in [0.2, 0.25) is 5.91 Å². The lowest BCUT2D eigenvalue weighted by Crippen LogP contribution is -2.34. The molecule has 1 amide bonds. The van der Waals surface area contributed by atoms with Crippen LogP contribution in [0.3, 0.4) is 0 Å². The second kappa shape index (κ2) is 6.17. The fraction of sp³-hybridized carbons (Fsp3) is 0.533. The van der Waals surface area contributed by atoms with Gasteiger partial charge in [0.05, 0.1) is 0 Å². The van der Waals surface area contributed by atoms with E-state index in [1.807, 2.05) is 17.0 Å². The van der Waals surface area contributed by atoms with Gasteiger partial charge in [-0.15, -0.1) is 11.8 Å². The summed E-state index contributed by atoms with van der Waals surface area (Å²) in [7, 11) is 0. The molecule has 1 saturated carbocycles. The number of carbonyl (C=O) groups is 1. The number of amides is 1. The Labute approximate surface area is 133 Å². The zero-order valence-corrected chi connectivity index (χ0v) is 13.5. The summed E-state index contributed by atoms with van der Waals surface area (Å²) >= 11 is 14.0. The van der Waals surface area contributed by atoms with Crippen LogP contribution in [0.25, 0.3) is 0 Å². The van der Waals surface area contributed by atoms with E-state index in [2.05, 4.69) is 0 Å². The molecule has 1 unspecified atom stereocenters. The molecular weight excluding hydrogens is 313 g/mol. The number of nitrogens with zero attached hydrogens (tertiary/aromatic N) is 1. The fourth-order valence-electron chi connectivity index (χ4n) is 3.06. The molecule has 1 atom stereocenters. The van der Waals surface area contributed by atoms with Crippen molar-refractivity contribution in [2.45, 2.75) is 31.1 Å². The standard InChI is InChI=1S/C15H17Cl2NOS/c16-11-5-6-12(13(17)9-11)15-18(7-8-20-15)14(19)10-3-1-2-4-10/h5-6,9-10,15H,1-4,7-8H2. The van der Waals surface area contributed by atoms with Crippen LogP contribution < -0.4 is 0 Å². The summed E-state index contributed by atoms with van der Waals surface area (Å²) in [6.07, 6.45) is 4.45. The molecule has 2 nitrogen and oxygen atoms in total. The molecular formula is C15H17Cl2NOS. The first-order valence-corrected chi connectivity index (χ1v) is 8.84. The van der Waals surface area contributed by atoms with Crippen LogP contribution in [-0.4, -0.2) is 23.1 Å². The summed E-state index contributed by atoms with van der Waals surface area (Å²) in [5.41, 5.74) is 1.00. The SMILES string of the molecule is O=C(C1CCCC1)N1CCSC1c1ccc(Cl)cc1Cl. The van der Waals surface area contributed by atoms with E-state index in [0.29, 0.717) is 16.0 Å². The monoisotopic (exact) mass is 329 g/mol. The summed E-state index contributed by atoms with van der Waals surface area (Å²) in [5.74, 6) is 1.51. The normalized spacial score (nSPS) is 23.5. The minimum atomic E-state index is 0.0490. The molecule has 1 aromatic carbocycles. The van der Waals surface area contributed by atoms with Crippen LogP contribution in [0.1, 0.15) is 36.6 Å². The third kappa shape index (κ3) is 2.81. The lowest BCUT2D eigenvalue weighted by molar-refractivity contribution is -0.135. The number of hydrogen-bond donors (Lipinski definition) is 0. The maximum atomic E-state index is 12.7. The van der Waals surface area contributed by atoms with Crippen LogP contribution >= 0.6 is 35.0 Å². The van der Waals surface area contributed by atoms with Crippen molar-refractivity contribution in [3.05, 3.63) is 33.8 Å². The van der Waals surface area contributed by atoms with Crippen LogP contribution in [0, 0.1) is 5.92 Å². The lowest BCUT2D eigenvalue weighted by atomic mass is 10.1. The molecule has 1 aliphatic carbocycles. The Balaban J connectivity index is 1.82. The van der Waals surface area contributed by atoms with E-state index in [0.717, 1.165) is 30.7 Å². The topological polar surface area (TPSA) is 20.3 Å². The van der Waals surface area contributed by atoms with E-state index in [4.69, 9.17) is 23.2 Å². The summed E-state index contributed by atoms with van der Waals surface area (Å²) in [6.45, 7) is 0.823. The third-order valence-corrected chi connectivity index (χ3v) is 5.91. The highest BCUT2D eigenvalue weighted by molar-refractivity contribution is 7.99. The van der Waals surface area contributed by atoms with Crippen LogP contribution in [0.2, 0.25) is 10.0 Å². The smallest absolute Gasteiger partial charge is 0.226 e. The number of benzene rings is 1. The average molecular weight is 330 g/mol. The number of rotatable bonds is 2. The Bertz CT molecular complexity index is 517. The molecule has 0 bridgehead atoms. The van der Waals surface area contributed by atoms with Gasteiger partial charge in [-0.1, -0.05) is 42.1 Å². The number of hydrogen-bond acceptors (Lipinski definition) is 2. The van der Waals surface area contributed by atoms with Gasteiger partial charge in [-0.25, -0.2) is 0 Å². The summed E-state index contributed by atoms with van der Waals surface area (Å²) in [5, 5.41) is 1.34. The molecule has 2 fully saturated rings. The van der Waals surface area contributed by atoms with E-state index in [1.54, 1.807) is 17.8 Å². The lowest BCUT2D eigenvalue weighted by Gasteiger charge is -2.27. The molecule has 108 valence electrons. The van der Waals surface area contributed by atoms with Gasteiger partial charge in [0.1, 0.15) is 5.37 Å². The van der Waals surface area contributed by atoms with Crippen LogP contribution in [0.15, 0.2) is 18.2 Å². The van der Waals surface area contributed by atoms with Gasteiger partial charge in [0, 0.05) is 33.8 Å². The van der Waals surface area contributed by atoms with Crippen molar-refractivity contribution in [3.63, 3.8) is 0 Å². The summed E-state index contributed by atoms with van der Waals surface area (Å²) in [6, 6.07) is 5.55. The molecule has 5 heteroatoms. The second-order valence-electron chi connectivity index (χ2n) is 5.40. The van der Waals surface area contributed by atoms with Crippen LogP contribution in [0.5, 0.6) is 0 Å². The maximum absolute atomic E-state index is 12.7. The maximum Gasteiger partial charge on any atom is 0.226 e. The first-order chi connectivity index (χ1) is 9.66. The molecule has 2 aliphatic rings. The molecule has 1 saturated heterocycles. The fourth-order valence-corrected chi connectivity index (χ4v) is 4.94. The van der Waals surface area contributed by atoms with E-state index >= 15 is 0 Å².